The zero-order chi connectivity index (χ0) is 18.2. The number of hydrogen-bond acceptors (Lipinski definition) is 4. The highest BCUT2D eigenvalue weighted by molar-refractivity contribution is 7.92. The quantitative estimate of drug-likeness (QED) is 0.693. The van der Waals surface area contributed by atoms with E-state index in [2.05, 4.69) is 9.71 Å². The molecule has 25 heavy (non-hydrogen) atoms. The van der Waals surface area contributed by atoms with Crippen molar-refractivity contribution < 1.29 is 13.2 Å². The summed E-state index contributed by atoms with van der Waals surface area (Å²) in [5.41, 5.74) is 0.894. The first-order valence-corrected chi connectivity index (χ1v) is 9.17. The van der Waals surface area contributed by atoms with Crippen LogP contribution in [0.25, 0.3) is 10.9 Å². The molecule has 0 spiro atoms. The molecule has 2 aromatic carbocycles. The van der Waals surface area contributed by atoms with Gasteiger partial charge in [-0.15, -0.1) is 0 Å². The fourth-order valence-corrected chi connectivity index (χ4v) is 4.11. The van der Waals surface area contributed by atoms with Crippen molar-refractivity contribution in [1.29, 1.82) is 5.26 Å². The van der Waals surface area contributed by atoms with Crippen LogP contribution < -0.4 is 9.46 Å². The lowest BCUT2D eigenvalue weighted by molar-refractivity contribution is 0.416. The number of hydrogen-bond donors (Lipinski definition) is 2. The van der Waals surface area contributed by atoms with E-state index < -0.39 is 10.0 Å². The number of aromatic nitrogens is 1. The first-order chi connectivity index (χ1) is 11.9. The van der Waals surface area contributed by atoms with Crippen LogP contribution in [0.2, 0.25) is 10.0 Å². The molecule has 0 aliphatic heterocycles. The number of sulfonamides is 1. The smallest absolute Gasteiger partial charge is 0.262 e. The summed E-state index contributed by atoms with van der Waals surface area (Å²) in [5.74, 6) is 0.277. The Labute approximate surface area is 154 Å². The zero-order valence-electron chi connectivity index (χ0n) is 12.8. The monoisotopic (exact) mass is 395 g/mol. The lowest BCUT2D eigenvalue weighted by atomic mass is 10.2. The van der Waals surface area contributed by atoms with Gasteiger partial charge >= 0.3 is 0 Å². The Hall–Kier alpha value is -2.40. The number of halogens is 2. The van der Waals surface area contributed by atoms with Crippen LogP contribution in [0.1, 0.15) is 5.56 Å². The Balaban J connectivity index is 2.14. The fourth-order valence-electron chi connectivity index (χ4n) is 2.38. The van der Waals surface area contributed by atoms with Gasteiger partial charge in [0.1, 0.15) is 5.75 Å². The number of benzene rings is 2. The summed E-state index contributed by atoms with van der Waals surface area (Å²) < 4.78 is 33.0. The number of nitrogens with one attached hydrogen (secondary N) is 2. The normalized spacial score (nSPS) is 11.3. The Kier molecular flexibility index (Phi) is 4.52. The third kappa shape index (κ3) is 3.12. The molecule has 1 aromatic heterocycles. The molecule has 6 nitrogen and oxygen atoms in total. The van der Waals surface area contributed by atoms with Gasteiger partial charge < -0.3 is 9.72 Å². The van der Waals surface area contributed by atoms with E-state index in [0.717, 1.165) is 0 Å². The molecular formula is C16H11Cl2N3O3S. The van der Waals surface area contributed by atoms with Crippen LogP contribution in [-0.4, -0.2) is 20.5 Å². The van der Waals surface area contributed by atoms with Crippen LogP contribution in [0.3, 0.4) is 0 Å². The van der Waals surface area contributed by atoms with E-state index in [1.165, 1.54) is 43.6 Å². The molecule has 2 N–H and O–H groups in total. The second-order valence-electron chi connectivity index (χ2n) is 5.07. The topological polar surface area (TPSA) is 95.0 Å². The Morgan fingerprint density at radius 3 is 2.72 bits per heavy atom. The van der Waals surface area contributed by atoms with Crippen LogP contribution in [0, 0.1) is 11.3 Å². The number of anilines is 1. The molecule has 0 saturated heterocycles. The third-order valence-electron chi connectivity index (χ3n) is 3.55. The molecule has 0 aliphatic carbocycles. The number of nitriles is 1. The van der Waals surface area contributed by atoms with E-state index in [1.807, 2.05) is 6.07 Å². The first-order valence-electron chi connectivity index (χ1n) is 6.93. The van der Waals surface area contributed by atoms with E-state index in [4.69, 9.17) is 33.2 Å². The van der Waals surface area contributed by atoms with Crippen molar-refractivity contribution in [3.8, 4) is 11.8 Å². The predicted octanol–water partition coefficient (Wildman–Crippen LogP) is 4.16. The van der Waals surface area contributed by atoms with Crippen LogP contribution in [0.15, 0.2) is 41.4 Å². The molecule has 3 aromatic rings. The van der Waals surface area contributed by atoms with E-state index in [0.29, 0.717) is 15.9 Å². The summed E-state index contributed by atoms with van der Waals surface area (Å²) in [6, 6.07) is 9.07. The molecule has 1 heterocycles. The molecule has 0 saturated carbocycles. The van der Waals surface area contributed by atoms with E-state index in [9.17, 15) is 8.42 Å². The third-order valence-corrected chi connectivity index (χ3v) is 5.59. The van der Waals surface area contributed by atoms with Gasteiger partial charge in [-0.1, -0.05) is 29.3 Å². The second-order valence-corrected chi connectivity index (χ2v) is 7.54. The molecule has 0 aliphatic rings. The summed E-state index contributed by atoms with van der Waals surface area (Å²) in [6.45, 7) is 0. The highest BCUT2D eigenvalue weighted by atomic mass is 35.5. The minimum Gasteiger partial charge on any atom is -0.495 e. The van der Waals surface area contributed by atoms with E-state index >= 15 is 0 Å². The van der Waals surface area contributed by atoms with E-state index in [1.54, 1.807) is 0 Å². The van der Waals surface area contributed by atoms with Gasteiger partial charge in [-0.05, 0) is 18.2 Å². The zero-order valence-corrected chi connectivity index (χ0v) is 15.1. The molecule has 3 rings (SSSR count). The van der Waals surface area contributed by atoms with Gasteiger partial charge in [0.2, 0.25) is 0 Å². The number of ether oxygens (including phenoxy) is 1. The minimum absolute atomic E-state index is 0.0359. The van der Waals surface area contributed by atoms with Gasteiger partial charge in [-0.2, -0.15) is 5.26 Å². The molecule has 9 heteroatoms. The number of H-pyrrole nitrogens is 1. The Morgan fingerprint density at radius 2 is 2.04 bits per heavy atom. The van der Waals surface area contributed by atoms with Gasteiger partial charge in [0.15, 0.2) is 0 Å². The van der Waals surface area contributed by atoms with Crippen molar-refractivity contribution in [2.24, 2.45) is 0 Å². The average Bonchev–Trinajstić information content (AvgIpc) is 2.99. The highest BCUT2D eigenvalue weighted by Gasteiger charge is 2.21. The lowest BCUT2D eigenvalue weighted by Crippen LogP contribution is -2.13. The molecule has 0 fully saturated rings. The molecule has 0 radical (unpaired) electrons. The van der Waals surface area contributed by atoms with Crippen LogP contribution in [0.4, 0.5) is 5.69 Å². The SMILES string of the molecule is COc1cc(NS(=O)(=O)c2cccc(C#N)c2)c2[nH]cc(Cl)c2c1Cl. The average molecular weight is 396 g/mol. The summed E-state index contributed by atoms with van der Waals surface area (Å²) in [5, 5.41) is 10.0. The van der Waals surface area contributed by atoms with Crippen molar-refractivity contribution >= 4 is 49.8 Å². The first kappa shape index (κ1) is 17.4. The maximum absolute atomic E-state index is 12.7. The number of fused-ring (bicyclic) bond motifs is 1. The lowest BCUT2D eigenvalue weighted by Gasteiger charge is -2.12. The highest BCUT2D eigenvalue weighted by Crippen LogP contribution is 2.41. The maximum Gasteiger partial charge on any atom is 0.262 e. The van der Waals surface area contributed by atoms with Crippen molar-refractivity contribution in [1.82, 2.24) is 4.98 Å². The maximum atomic E-state index is 12.7. The molecule has 0 atom stereocenters. The predicted molar refractivity (Wildman–Crippen MR) is 96.8 cm³/mol. The summed E-state index contributed by atoms with van der Waals surface area (Å²) in [6.07, 6.45) is 1.51. The van der Waals surface area contributed by atoms with Crippen LogP contribution in [0.5, 0.6) is 5.75 Å². The molecule has 128 valence electrons. The number of rotatable bonds is 4. The van der Waals surface area contributed by atoms with Gasteiger partial charge in [0, 0.05) is 17.6 Å². The van der Waals surface area contributed by atoms with Crippen molar-refractivity contribution in [3.63, 3.8) is 0 Å². The van der Waals surface area contributed by atoms with Gasteiger partial charge in [0.05, 0.1) is 44.9 Å². The number of aromatic amines is 1. The second kappa shape index (κ2) is 6.48. The summed E-state index contributed by atoms with van der Waals surface area (Å²) in [4.78, 5) is 2.86. The Morgan fingerprint density at radius 1 is 1.28 bits per heavy atom. The van der Waals surface area contributed by atoms with Gasteiger partial charge in [0.25, 0.3) is 10.0 Å². The molecule has 0 unspecified atom stereocenters. The van der Waals surface area contributed by atoms with Crippen LogP contribution in [-0.2, 0) is 10.0 Å². The Bertz CT molecular complexity index is 1120. The summed E-state index contributed by atoms with van der Waals surface area (Å²) in [7, 11) is -2.51. The standard InChI is InChI=1S/C16H11Cl2N3O3S/c1-24-13-6-12(16-14(15(13)18)11(17)8-20-16)21-25(22,23)10-4-2-3-9(5-10)7-19/h2-6,8,20-21H,1H3. The van der Waals surface area contributed by atoms with Gasteiger partial charge in [-0.3, -0.25) is 4.72 Å². The van der Waals surface area contributed by atoms with Gasteiger partial charge in [-0.25, -0.2) is 8.42 Å². The summed E-state index contributed by atoms with van der Waals surface area (Å²) >= 11 is 12.4. The van der Waals surface area contributed by atoms with Crippen molar-refractivity contribution in [2.45, 2.75) is 4.90 Å². The van der Waals surface area contributed by atoms with E-state index in [-0.39, 0.29) is 26.9 Å². The van der Waals surface area contributed by atoms with Crippen molar-refractivity contribution in [3.05, 3.63) is 52.1 Å². The molecule has 0 bridgehead atoms. The number of methoxy groups -OCH3 is 1. The largest absolute Gasteiger partial charge is 0.495 e. The molecule has 0 amide bonds. The van der Waals surface area contributed by atoms with Crippen molar-refractivity contribution in [2.75, 3.05) is 11.8 Å². The fraction of sp³-hybridized carbons (Fsp3) is 0.0625. The minimum atomic E-state index is -3.93. The number of nitrogens with zero attached hydrogens (tertiary/aromatic N) is 1. The van der Waals surface area contributed by atoms with Crippen LogP contribution >= 0.6 is 23.2 Å². The molecular weight excluding hydrogens is 385 g/mol.